The molecule has 3 heterocycles. The summed E-state index contributed by atoms with van der Waals surface area (Å²) in [5, 5.41) is 0. The van der Waals surface area contributed by atoms with Crippen molar-refractivity contribution in [1.82, 2.24) is 14.4 Å². The number of aromatic nitrogens is 3. The molecule has 0 amide bonds. The Hall–Kier alpha value is -1.14. The Morgan fingerprint density at radius 2 is 2.42 bits per heavy atom. The average Bonchev–Trinajstić information content (AvgIpc) is 2.86. The first-order valence-electron chi connectivity index (χ1n) is 6.56. The number of fused-ring (bicyclic) bond motifs is 1. The fourth-order valence-electron chi connectivity index (χ4n) is 2.48. The van der Waals surface area contributed by atoms with Gasteiger partial charge in [0.25, 0.3) is 0 Å². The van der Waals surface area contributed by atoms with Gasteiger partial charge in [-0.3, -0.25) is 0 Å². The molecule has 1 aliphatic rings. The van der Waals surface area contributed by atoms with E-state index >= 15 is 0 Å². The third-order valence-electron chi connectivity index (χ3n) is 3.44. The number of hydrogen-bond acceptors (Lipinski definition) is 4. The third kappa shape index (κ3) is 2.74. The molecule has 5 nitrogen and oxygen atoms in total. The first kappa shape index (κ1) is 12.9. The lowest BCUT2D eigenvalue weighted by Crippen LogP contribution is -2.34. The van der Waals surface area contributed by atoms with Crippen molar-refractivity contribution in [2.75, 3.05) is 25.1 Å². The van der Waals surface area contributed by atoms with Crippen molar-refractivity contribution in [3.05, 3.63) is 23.2 Å². The average molecular weight is 325 g/mol. The van der Waals surface area contributed by atoms with Crippen LogP contribution in [0, 0.1) is 0 Å². The van der Waals surface area contributed by atoms with Crippen molar-refractivity contribution in [1.29, 1.82) is 0 Å². The fourth-order valence-corrected chi connectivity index (χ4v) is 2.87. The van der Waals surface area contributed by atoms with Crippen LogP contribution in [0.4, 0.5) is 5.82 Å². The maximum atomic E-state index is 5.79. The van der Waals surface area contributed by atoms with Crippen LogP contribution >= 0.6 is 15.9 Å². The lowest BCUT2D eigenvalue weighted by atomic mass is 10.1. The number of halogens is 1. The summed E-state index contributed by atoms with van der Waals surface area (Å²) in [6.07, 6.45) is 9.49. The van der Waals surface area contributed by atoms with Gasteiger partial charge in [-0.05, 0) is 35.2 Å². The zero-order valence-corrected chi connectivity index (χ0v) is 12.5. The first-order chi connectivity index (χ1) is 9.24. The molecule has 2 aromatic rings. The number of hydrogen-bond donors (Lipinski definition) is 0. The second-order valence-electron chi connectivity index (χ2n) is 4.91. The molecule has 1 atom stereocenters. The van der Waals surface area contributed by atoms with E-state index in [0.717, 1.165) is 35.6 Å². The number of anilines is 1. The standard InChI is InChI=1S/C13H17BrN4O/c1-17(8-10-4-2-3-7-19-10)13-12-15-5-6-18(12)9-11(14)16-13/h5-6,9-10H,2-4,7-8H2,1H3. The van der Waals surface area contributed by atoms with Crippen LogP contribution in [0.25, 0.3) is 5.65 Å². The van der Waals surface area contributed by atoms with E-state index < -0.39 is 0 Å². The predicted molar refractivity (Wildman–Crippen MR) is 77.5 cm³/mol. The van der Waals surface area contributed by atoms with E-state index in [2.05, 4.69) is 30.8 Å². The van der Waals surface area contributed by atoms with Crippen LogP contribution in [0.2, 0.25) is 0 Å². The third-order valence-corrected chi connectivity index (χ3v) is 3.82. The summed E-state index contributed by atoms with van der Waals surface area (Å²) in [6, 6.07) is 0. The van der Waals surface area contributed by atoms with E-state index in [9.17, 15) is 0 Å². The minimum absolute atomic E-state index is 0.301. The summed E-state index contributed by atoms with van der Waals surface area (Å²) in [6.45, 7) is 1.73. The topological polar surface area (TPSA) is 42.7 Å². The minimum atomic E-state index is 0.301. The highest BCUT2D eigenvalue weighted by molar-refractivity contribution is 9.10. The zero-order chi connectivity index (χ0) is 13.2. The van der Waals surface area contributed by atoms with Crippen molar-refractivity contribution in [2.45, 2.75) is 25.4 Å². The van der Waals surface area contributed by atoms with Crippen molar-refractivity contribution in [3.8, 4) is 0 Å². The normalized spacial score (nSPS) is 19.8. The molecule has 1 unspecified atom stereocenters. The second kappa shape index (κ2) is 5.46. The Labute approximate surface area is 120 Å². The Morgan fingerprint density at radius 1 is 1.53 bits per heavy atom. The largest absolute Gasteiger partial charge is 0.376 e. The van der Waals surface area contributed by atoms with Crippen molar-refractivity contribution in [2.24, 2.45) is 0 Å². The first-order valence-corrected chi connectivity index (χ1v) is 7.35. The zero-order valence-electron chi connectivity index (χ0n) is 10.9. The molecule has 0 radical (unpaired) electrons. The van der Waals surface area contributed by atoms with Gasteiger partial charge in [0.05, 0.1) is 6.10 Å². The van der Waals surface area contributed by atoms with Crippen LogP contribution in [-0.2, 0) is 4.74 Å². The SMILES string of the molecule is CN(CC1CCCCO1)c1nc(Br)cn2ccnc12. The van der Waals surface area contributed by atoms with Crippen LogP contribution in [0.1, 0.15) is 19.3 Å². The smallest absolute Gasteiger partial charge is 0.180 e. The van der Waals surface area contributed by atoms with Gasteiger partial charge in [0.2, 0.25) is 0 Å². The monoisotopic (exact) mass is 324 g/mol. The van der Waals surface area contributed by atoms with E-state index in [-0.39, 0.29) is 0 Å². The molecule has 1 aliphatic heterocycles. The Morgan fingerprint density at radius 3 is 3.21 bits per heavy atom. The number of nitrogens with zero attached hydrogens (tertiary/aromatic N) is 4. The van der Waals surface area contributed by atoms with Gasteiger partial charge >= 0.3 is 0 Å². The van der Waals surface area contributed by atoms with Crippen LogP contribution in [-0.4, -0.2) is 40.7 Å². The highest BCUT2D eigenvalue weighted by atomic mass is 79.9. The number of rotatable bonds is 3. The number of likely N-dealkylation sites (N-methyl/N-ethyl adjacent to an activating group) is 1. The summed E-state index contributed by atoms with van der Waals surface area (Å²) in [4.78, 5) is 11.0. The second-order valence-corrected chi connectivity index (χ2v) is 5.73. The van der Waals surface area contributed by atoms with Gasteiger partial charge in [-0.15, -0.1) is 0 Å². The molecule has 0 bridgehead atoms. The molecule has 1 fully saturated rings. The van der Waals surface area contributed by atoms with Gasteiger partial charge in [-0.1, -0.05) is 0 Å². The molecule has 0 spiro atoms. The van der Waals surface area contributed by atoms with E-state index in [4.69, 9.17) is 4.74 Å². The molecular weight excluding hydrogens is 308 g/mol. The van der Waals surface area contributed by atoms with Crippen molar-refractivity contribution >= 4 is 27.4 Å². The molecule has 102 valence electrons. The van der Waals surface area contributed by atoms with Crippen molar-refractivity contribution in [3.63, 3.8) is 0 Å². The summed E-state index contributed by atoms with van der Waals surface area (Å²) in [5.74, 6) is 0.883. The number of imidazole rings is 1. The molecule has 6 heteroatoms. The summed E-state index contributed by atoms with van der Waals surface area (Å²) in [7, 11) is 2.04. The maximum absolute atomic E-state index is 5.79. The van der Waals surface area contributed by atoms with Crippen LogP contribution in [0.5, 0.6) is 0 Å². The lowest BCUT2D eigenvalue weighted by molar-refractivity contribution is 0.0215. The maximum Gasteiger partial charge on any atom is 0.180 e. The van der Waals surface area contributed by atoms with Gasteiger partial charge in [-0.25, -0.2) is 9.97 Å². The quantitative estimate of drug-likeness (QED) is 0.870. The van der Waals surface area contributed by atoms with Gasteiger partial charge in [0.1, 0.15) is 4.60 Å². The van der Waals surface area contributed by atoms with Crippen LogP contribution in [0.15, 0.2) is 23.2 Å². The molecule has 0 aromatic carbocycles. The Bertz CT molecular complexity index is 565. The van der Waals surface area contributed by atoms with E-state index in [1.165, 1.54) is 12.8 Å². The molecule has 19 heavy (non-hydrogen) atoms. The molecule has 2 aromatic heterocycles. The lowest BCUT2D eigenvalue weighted by Gasteiger charge is -2.28. The predicted octanol–water partition coefficient (Wildman–Crippen LogP) is 2.50. The van der Waals surface area contributed by atoms with E-state index in [0.29, 0.717) is 6.10 Å². The minimum Gasteiger partial charge on any atom is -0.376 e. The molecular formula is C13H17BrN4O. The summed E-state index contributed by atoms with van der Waals surface area (Å²) < 4.78 is 8.57. The van der Waals surface area contributed by atoms with Gasteiger partial charge in [0.15, 0.2) is 11.5 Å². The van der Waals surface area contributed by atoms with Crippen LogP contribution in [0.3, 0.4) is 0 Å². The van der Waals surface area contributed by atoms with Gasteiger partial charge < -0.3 is 14.0 Å². The molecule has 1 saturated heterocycles. The summed E-state index contributed by atoms with van der Waals surface area (Å²) >= 11 is 3.44. The Kier molecular flexibility index (Phi) is 3.70. The highest BCUT2D eigenvalue weighted by Crippen LogP contribution is 2.22. The molecule has 3 rings (SSSR count). The summed E-state index contributed by atoms with van der Waals surface area (Å²) in [5.41, 5.74) is 0.876. The van der Waals surface area contributed by atoms with E-state index in [1.54, 1.807) is 6.20 Å². The van der Waals surface area contributed by atoms with Crippen LogP contribution < -0.4 is 4.90 Å². The van der Waals surface area contributed by atoms with Crippen molar-refractivity contribution < 1.29 is 4.74 Å². The highest BCUT2D eigenvalue weighted by Gasteiger charge is 2.18. The Balaban J connectivity index is 1.83. The molecule has 0 N–H and O–H groups in total. The fraction of sp³-hybridized carbons (Fsp3) is 0.538. The van der Waals surface area contributed by atoms with Gasteiger partial charge in [-0.2, -0.15) is 0 Å². The molecule has 0 aliphatic carbocycles. The van der Waals surface area contributed by atoms with Gasteiger partial charge in [0, 0.05) is 38.8 Å². The molecule has 0 saturated carbocycles. The number of ether oxygens (including phenoxy) is 1. The van der Waals surface area contributed by atoms with E-state index in [1.807, 2.05) is 23.8 Å².